The number of nitrogens with one attached hydrogen (secondary N) is 1. The zero-order chi connectivity index (χ0) is 19.6. The van der Waals surface area contributed by atoms with Crippen LogP contribution in [0.2, 0.25) is 5.02 Å². The maximum absolute atomic E-state index is 13.0. The van der Waals surface area contributed by atoms with E-state index in [4.69, 9.17) is 11.6 Å². The molecule has 1 saturated heterocycles. The quantitative estimate of drug-likeness (QED) is 0.688. The van der Waals surface area contributed by atoms with E-state index in [0.29, 0.717) is 17.3 Å². The van der Waals surface area contributed by atoms with Crippen LogP contribution in [0.25, 0.3) is 0 Å². The van der Waals surface area contributed by atoms with Crippen molar-refractivity contribution in [3.8, 4) is 0 Å². The Bertz CT molecular complexity index is 965. The number of rotatable bonds is 4. The molecule has 3 rings (SSSR count). The number of nitrogens with zero attached hydrogens (tertiary/aromatic N) is 1. The van der Waals surface area contributed by atoms with Gasteiger partial charge in [-0.15, -0.1) is 0 Å². The fourth-order valence-corrected chi connectivity index (χ4v) is 5.61. The Morgan fingerprint density at radius 3 is 2.70 bits per heavy atom. The Morgan fingerprint density at radius 1 is 1.22 bits per heavy atom. The summed E-state index contributed by atoms with van der Waals surface area (Å²) in [6, 6.07) is 11.2. The number of piperidine rings is 1. The summed E-state index contributed by atoms with van der Waals surface area (Å²) in [7, 11) is -3.63. The summed E-state index contributed by atoms with van der Waals surface area (Å²) >= 11 is 9.45. The number of benzene rings is 2. The molecule has 1 amide bonds. The van der Waals surface area contributed by atoms with Crippen molar-refractivity contribution >= 4 is 49.1 Å². The van der Waals surface area contributed by atoms with Crippen molar-refractivity contribution in [3.05, 3.63) is 57.5 Å². The Hall–Kier alpha value is -1.41. The van der Waals surface area contributed by atoms with Crippen LogP contribution >= 0.6 is 27.5 Å². The Balaban J connectivity index is 1.85. The smallest absolute Gasteiger partial charge is 0.255 e. The SMILES string of the molecule is CC1CCCCN1S(=O)(=O)c1cccc(C(=O)Nc2ccc(Br)cc2Cl)c1. The summed E-state index contributed by atoms with van der Waals surface area (Å²) in [5.74, 6) is -0.414. The van der Waals surface area contributed by atoms with Crippen LogP contribution in [-0.2, 0) is 10.0 Å². The highest BCUT2D eigenvalue weighted by Gasteiger charge is 2.31. The molecule has 0 saturated carbocycles. The minimum absolute atomic E-state index is 0.0391. The van der Waals surface area contributed by atoms with Crippen molar-refractivity contribution in [2.45, 2.75) is 37.1 Å². The number of carbonyl (C=O) groups excluding carboxylic acids is 1. The van der Waals surface area contributed by atoms with Gasteiger partial charge in [-0.3, -0.25) is 4.79 Å². The zero-order valence-electron chi connectivity index (χ0n) is 14.8. The van der Waals surface area contributed by atoms with Gasteiger partial charge in [0.2, 0.25) is 10.0 Å². The summed E-state index contributed by atoms with van der Waals surface area (Å²) in [5, 5.41) is 3.11. The van der Waals surface area contributed by atoms with Crippen LogP contribution in [-0.4, -0.2) is 31.2 Å². The molecule has 144 valence electrons. The average molecular weight is 472 g/mol. The van der Waals surface area contributed by atoms with Gasteiger partial charge < -0.3 is 5.32 Å². The molecule has 1 aliphatic heterocycles. The van der Waals surface area contributed by atoms with Crippen LogP contribution in [0.15, 0.2) is 51.8 Å². The molecule has 1 fully saturated rings. The Kier molecular flexibility index (Phi) is 6.25. The first-order chi connectivity index (χ1) is 12.8. The highest BCUT2D eigenvalue weighted by molar-refractivity contribution is 9.10. The highest BCUT2D eigenvalue weighted by Crippen LogP contribution is 2.28. The van der Waals surface area contributed by atoms with Crippen LogP contribution in [0.5, 0.6) is 0 Å². The molecule has 1 unspecified atom stereocenters. The third-order valence-electron chi connectivity index (χ3n) is 4.62. The molecular weight excluding hydrogens is 452 g/mol. The van der Waals surface area contributed by atoms with E-state index in [2.05, 4.69) is 21.2 Å². The average Bonchev–Trinajstić information content (AvgIpc) is 2.64. The molecule has 0 bridgehead atoms. The van der Waals surface area contributed by atoms with E-state index >= 15 is 0 Å². The standard InChI is InChI=1S/C19H20BrClN2O3S/c1-13-5-2-3-10-23(13)27(25,26)16-7-4-6-14(11-16)19(24)22-18-9-8-15(20)12-17(18)21/h4,6-9,11-13H,2-3,5,10H2,1H3,(H,22,24). The molecule has 0 aliphatic carbocycles. The van der Waals surface area contributed by atoms with Crippen molar-refractivity contribution in [1.82, 2.24) is 4.31 Å². The van der Waals surface area contributed by atoms with Gasteiger partial charge >= 0.3 is 0 Å². The van der Waals surface area contributed by atoms with E-state index in [9.17, 15) is 13.2 Å². The van der Waals surface area contributed by atoms with Gasteiger partial charge in [0.25, 0.3) is 5.91 Å². The molecule has 8 heteroatoms. The van der Waals surface area contributed by atoms with E-state index in [1.807, 2.05) is 6.92 Å². The molecule has 2 aromatic carbocycles. The molecule has 1 N–H and O–H groups in total. The lowest BCUT2D eigenvalue weighted by Crippen LogP contribution is -2.41. The topological polar surface area (TPSA) is 66.5 Å². The van der Waals surface area contributed by atoms with Crippen LogP contribution in [0, 0.1) is 0 Å². The van der Waals surface area contributed by atoms with E-state index in [0.717, 1.165) is 23.7 Å². The lowest BCUT2D eigenvalue weighted by molar-refractivity contribution is 0.102. The van der Waals surface area contributed by atoms with Gasteiger partial charge in [0.1, 0.15) is 0 Å². The predicted octanol–water partition coefficient (Wildman–Crippen LogP) is 4.92. The maximum Gasteiger partial charge on any atom is 0.255 e. The minimum Gasteiger partial charge on any atom is -0.321 e. The largest absolute Gasteiger partial charge is 0.321 e. The van der Waals surface area contributed by atoms with Crippen molar-refractivity contribution < 1.29 is 13.2 Å². The molecule has 0 radical (unpaired) electrons. The molecule has 2 aromatic rings. The summed E-state index contributed by atoms with van der Waals surface area (Å²) in [4.78, 5) is 12.7. The third-order valence-corrected chi connectivity index (χ3v) is 7.44. The highest BCUT2D eigenvalue weighted by atomic mass is 79.9. The van der Waals surface area contributed by atoms with Gasteiger partial charge in [-0.2, -0.15) is 4.31 Å². The second-order valence-electron chi connectivity index (χ2n) is 6.57. The van der Waals surface area contributed by atoms with Crippen LogP contribution in [0.1, 0.15) is 36.5 Å². The predicted molar refractivity (Wildman–Crippen MR) is 111 cm³/mol. The number of hydrogen-bond acceptors (Lipinski definition) is 3. The fraction of sp³-hybridized carbons (Fsp3) is 0.316. The van der Waals surface area contributed by atoms with Crippen LogP contribution in [0.4, 0.5) is 5.69 Å². The van der Waals surface area contributed by atoms with Gasteiger partial charge in [0.05, 0.1) is 15.6 Å². The van der Waals surface area contributed by atoms with Crippen LogP contribution in [0.3, 0.4) is 0 Å². The van der Waals surface area contributed by atoms with E-state index < -0.39 is 15.9 Å². The van der Waals surface area contributed by atoms with Gasteiger partial charge in [-0.05, 0) is 56.2 Å². The summed E-state index contributed by atoms with van der Waals surface area (Å²) in [6.07, 6.45) is 2.73. The molecule has 1 heterocycles. The van der Waals surface area contributed by atoms with Crippen molar-refractivity contribution in [1.29, 1.82) is 0 Å². The fourth-order valence-electron chi connectivity index (χ4n) is 3.15. The Labute approximate surface area is 172 Å². The first-order valence-electron chi connectivity index (χ1n) is 8.67. The lowest BCUT2D eigenvalue weighted by Gasteiger charge is -2.32. The molecule has 0 spiro atoms. The van der Waals surface area contributed by atoms with Crippen LogP contribution < -0.4 is 5.32 Å². The van der Waals surface area contributed by atoms with Gasteiger partial charge in [-0.1, -0.05) is 40.0 Å². The monoisotopic (exact) mass is 470 g/mol. The first-order valence-corrected chi connectivity index (χ1v) is 11.3. The second-order valence-corrected chi connectivity index (χ2v) is 9.78. The second kappa shape index (κ2) is 8.31. The summed E-state index contributed by atoms with van der Waals surface area (Å²) in [5.41, 5.74) is 0.725. The Morgan fingerprint density at radius 2 is 2.00 bits per heavy atom. The first kappa shape index (κ1) is 20.3. The molecule has 0 aromatic heterocycles. The number of anilines is 1. The van der Waals surface area contributed by atoms with E-state index in [1.165, 1.54) is 16.4 Å². The molecule has 1 aliphatic rings. The number of hydrogen-bond donors (Lipinski definition) is 1. The van der Waals surface area contributed by atoms with Crippen molar-refractivity contribution in [3.63, 3.8) is 0 Å². The maximum atomic E-state index is 13.0. The number of amides is 1. The van der Waals surface area contributed by atoms with Crippen molar-refractivity contribution in [2.24, 2.45) is 0 Å². The summed E-state index contributed by atoms with van der Waals surface area (Å²) < 4.78 is 28.3. The third kappa shape index (κ3) is 4.54. The number of carbonyl (C=O) groups is 1. The van der Waals surface area contributed by atoms with Gasteiger partial charge in [0.15, 0.2) is 0 Å². The molecule has 5 nitrogen and oxygen atoms in total. The number of sulfonamides is 1. The lowest BCUT2D eigenvalue weighted by atomic mass is 10.1. The zero-order valence-corrected chi connectivity index (χ0v) is 17.9. The number of halogens is 2. The normalized spacial score (nSPS) is 18.3. The molecule has 27 heavy (non-hydrogen) atoms. The van der Waals surface area contributed by atoms with Crippen molar-refractivity contribution in [2.75, 3.05) is 11.9 Å². The summed E-state index contributed by atoms with van der Waals surface area (Å²) in [6.45, 7) is 2.43. The van der Waals surface area contributed by atoms with Gasteiger partial charge in [-0.25, -0.2) is 8.42 Å². The molecule has 1 atom stereocenters. The van der Waals surface area contributed by atoms with E-state index in [-0.39, 0.29) is 16.5 Å². The van der Waals surface area contributed by atoms with E-state index in [1.54, 1.807) is 30.3 Å². The van der Waals surface area contributed by atoms with Gasteiger partial charge in [0, 0.05) is 22.6 Å². The minimum atomic E-state index is -3.63. The molecular formula is C19H20BrClN2O3S.